The molecule has 0 unspecified atom stereocenters. The van der Waals surface area contributed by atoms with Crippen LogP contribution < -0.4 is 15.4 Å². The zero-order chi connectivity index (χ0) is 17.0. The first-order chi connectivity index (χ1) is 10.8. The van der Waals surface area contributed by atoms with Crippen molar-refractivity contribution < 1.29 is 9.53 Å². The van der Waals surface area contributed by atoms with Gasteiger partial charge in [-0.3, -0.25) is 4.79 Å². The molecule has 0 radical (unpaired) electrons. The van der Waals surface area contributed by atoms with Gasteiger partial charge in [-0.1, -0.05) is 11.6 Å². The summed E-state index contributed by atoms with van der Waals surface area (Å²) in [5.74, 6) is 0.834. The standard InChI is InChI=1S/C16H19ClN4O2/c1-16(2,3)21-15(22)12-8-14(19-9-18-12)20-10-5-6-13(23-4)11(17)7-10/h5-9H,1-4H3,(H,21,22)(H,18,19,20). The number of carbonyl (C=O) groups excluding carboxylic acids is 1. The first kappa shape index (κ1) is 17.0. The van der Waals surface area contributed by atoms with E-state index in [9.17, 15) is 4.79 Å². The van der Waals surface area contributed by atoms with Crippen molar-refractivity contribution in [3.8, 4) is 5.75 Å². The molecule has 2 aromatic rings. The van der Waals surface area contributed by atoms with Crippen LogP contribution in [0, 0.1) is 0 Å². The molecule has 0 atom stereocenters. The van der Waals surface area contributed by atoms with Crippen LogP contribution >= 0.6 is 11.6 Å². The second kappa shape index (κ2) is 6.83. The fraction of sp³-hybridized carbons (Fsp3) is 0.312. The van der Waals surface area contributed by atoms with Gasteiger partial charge in [0.15, 0.2) is 0 Å². The molecule has 0 aliphatic carbocycles. The van der Waals surface area contributed by atoms with Gasteiger partial charge >= 0.3 is 0 Å². The molecule has 0 saturated heterocycles. The number of carbonyl (C=O) groups is 1. The number of benzene rings is 1. The Bertz CT molecular complexity index is 713. The third kappa shape index (κ3) is 4.82. The molecule has 122 valence electrons. The fourth-order valence-corrected chi connectivity index (χ4v) is 2.10. The van der Waals surface area contributed by atoms with E-state index in [0.717, 1.165) is 5.69 Å². The monoisotopic (exact) mass is 334 g/mol. The Balaban J connectivity index is 2.17. The van der Waals surface area contributed by atoms with Crippen LogP contribution in [0.4, 0.5) is 11.5 Å². The van der Waals surface area contributed by atoms with Crippen molar-refractivity contribution in [2.45, 2.75) is 26.3 Å². The minimum absolute atomic E-state index is 0.254. The van der Waals surface area contributed by atoms with Crippen LogP contribution in [-0.2, 0) is 0 Å². The van der Waals surface area contributed by atoms with Gasteiger partial charge in [0.25, 0.3) is 5.91 Å². The zero-order valence-corrected chi connectivity index (χ0v) is 14.2. The smallest absolute Gasteiger partial charge is 0.270 e. The van der Waals surface area contributed by atoms with Gasteiger partial charge < -0.3 is 15.4 Å². The van der Waals surface area contributed by atoms with Gasteiger partial charge in [0.1, 0.15) is 23.6 Å². The summed E-state index contributed by atoms with van der Waals surface area (Å²) >= 11 is 6.09. The molecule has 0 fully saturated rings. The normalized spacial score (nSPS) is 11.0. The van der Waals surface area contributed by atoms with Gasteiger partial charge in [-0.25, -0.2) is 9.97 Å². The Kier molecular flexibility index (Phi) is 5.05. The number of anilines is 2. The number of hydrogen-bond acceptors (Lipinski definition) is 5. The fourth-order valence-electron chi connectivity index (χ4n) is 1.85. The van der Waals surface area contributed by atoms with Gasteiger partial charge in [0, 0.05) is 17.3 Å². The quantitative estimate of drug-likeness (QED) is 0.896. The Hall–Kier alpha value is -2.34. The predicted octanol–water partition coefficient (Wildman–Crippen LogP) is 3.41. The van der Waals surface area contributed by atoms with E-state index in [0.29, 0.717) is 16.6 Å². The largest absolute Gasteiger partial charge is 0.495 e. The molecule has 7 heteroatoms. The van der Waals surface area contributed by atoms with Crippen LogP contribution in [0.25, 0.3) is 0 Å². The highest BCUT2D eigenvalue weighted by molar-refractivity contribution is 6.32. The molecule has 23 heavy (non-hydrogen) atoms. The number of rotatable bonds is 4. The van der Waals surface area contributed by atoms with Crippen molar-refractivity contribution in [3.05, 3.63) is 41.3 Å². The number of aromatic nitrogens is 2. The molecule has 6 nitrogen and oxygen atoms in total. The summed E-state index contributed by atoms with van der Waals surface area (Å²) in [6.07, 6.45) is 1.34. The van der Waals surface area contributed by atoms with Crippen molar-refractivity contribution in [1.29, 1.82) is 0 Å². The molecular weight excluding hydrogens is 316 g/mol. The first-order valence-corrected chi connectivity index (χ1v) is 7.41. The summed E-state index contributed by atoms with van der Waals surface area (Å²) in [5.41, 5.74) is 0.688. The van der Waals surface area contributed by atoms with E-state index >= 15 is 0 Å². The molecule has 1 aromatic heterocycles. The number of methoxy groups -OCH3 is 1. The van der Waals surface area contributed by atoms with E-state index in [1.807, 2.05) is 26.8 Å². The van der Waals surface area contributed by atoms with Gasteiger partial charge in [0.2, 0.25) is 0 Å². The molecule has 0 saturated carbocycles. The summed E-state index contributed by atoms with van der Waals surface area (Å²) in [4.78, 5) is 20.2. The van der Waals surface area contributed by atoms with Crippen LogP contribution in [-0.4, -0.2) is 28.5 Å². The molecule has 0 spiro atoms. The third-order valence-corrected chi connectivity index (χ3v) is 3.11. The summed E-state index contributed by atoms with van der Waals surface area (Å²) in [7, 11) is 1.55. The minimum Gasteiger partial charge on any atom is -0.495 e. The van der Waals surface area contributed by atoms with Crippen LogP contribution in [0.15, 0.2) is 30.6 Å². The Morgan fingerprint density at radius 3 is 2.57 bits per heavy atom. The molecule has 0 bridgehead atoms. The Morgan fingerprint density at radius 2 is 1.96 bits per heavy atom. The lowest BCUT2D eigenvalue weighted by molar-refractivity contribution is 0.0914. The average molecular weight is 335 g/mol. The molecule has 1 amide bonds. The molecular formula is C16H19ClN4O2. The van der Waals surface area contributed by atoms with Crippen LogP contribution in [0.5, 0.6) is 5.75 Å². The molecule has 1 heterocycles. The number of ether oxygens (including phenoxy) is 1. The lowest BCUT2D eigenvalue weighted by Crippen LogP contribution is -2.40. The van der Waals surface area contributed by atoms with Gasteiger partial charge in [-0.05, 0) is 39.0 Å². The van der Waals surface area contributed by atoms with Crippen molar-refractivity contribution in [3.63, 3.8) is 0 Å². The van der Waals surface area contributed by atoms with E-state index in [4.69, 9.17) is 16.3 Å². The molecule has 1 aromatic carbocycles. The number of nitrogens with zero attached hydrogens (tertiary/aromatic N) is 2. The molecule has 2 N–H and O–H groups in total. The lowest BCUT2D eigenvalue weighted by Gasteiger charge is -2.20. The zero-order valence-electron chi connectivity index (χ0n) is 13.5. The highest BCUT2D eigenvalue weighted by Gasteiger charge is 2.16. The Morgan fingerprint density at radius 1 is 1.22 bits per heavy atom. The summed E-state index contributed by atoms with van der Waals surface area (Å²) in [5, 5.41) is 6.42. The predicted molar refractivity (Wildman–Crippen MR) is 90.5 cm³/mol. The van der Waals surface area contributed by atoms with Crippen molar-refractivity contribution in [1.82, 2.24) is 15.3 Å². The van der Waals surface area contributed by atoms with E-state index < -0.39 is 0 Å². The van der Waals surface area contributed by atoms with Crippen LogP contribution in [0.1, 0.15) is 31.3 Å². The lowest BCUT2D eigenvalue weighted by atomic mass is 10.1. The van der Waals surface area contributed by atoms with Gasteiger partial charge in [0.05, 0.1) is 12.1 Å². The second-order valence-corrected chi connectivity index (χ2v) is 6.37. The second-order valence-electron chi connectivity index (χ2n) is 5.97. The Labute approximate surface area is 140 Å². The maximum absolute atomic E-state index is 12.1. The SMILES string of the molecule is COc1ccc(Nc2cc(C(=O)NC(C)(C)C)ncn2)cc1Cl. The number of amides is 1. The molecule has 0 aliphatic rings. The summed E-state index contributed by atoms with van der Waals surface area (Å²) < 4.78 is 5.11. The maximum Gasteiger partial charge on any atom is 0.270 e. The van der Waals surface area contributed by atoms with Crippen molar-refractivity contribution in [2.24, 2.45) is 0 Å². The highest BCUT2D eigenvalue weighted by Crippen LogP contribution is 2.28. The van der Waals surface area contributed by atoms with E-state index in [2.05, 4.69) is 20.6 Å². The third-order valence-electron chi connectivity index (χ3n) is 2.81. The minimum atomic E-state index is -0.334. The van der Waals surface area contributed by atoms with E-state index in [1.54, 1.807) is 25.3 Å². The van der Waals surface area contributed by atoms with E-state index in [-0.39, 0.29) is 17.1 Å². The van der Waals surface area contributed by atoms with Crippen LogP contribution in [0.3, 0.4) is 0 Å². The summed E-state index contributed by atoms with van der Waals surface area (Å²) in [6.45, 7) is 5.72. The maximum atomic E-state index is 12.1. The number of halogens is 1. The molecule has 0 aliphatic heterocycles. The highest BCUT2D eigenvalue weighted by atomic mass is 35.5. The van der Waals surface area contributed by atoms with Crippen molar-refractivity contribution >= 4 is 29.0 Å². The average Bonchev–Trinajstić information content (AvgIpc) is 2.46. The first-order valence-electron chi connectivity index (χ1n) is 7.03. The van der Waals surface area contributed by atoms with Gasteiger partial charge in [-0.2, -0.15) is 0 Å². The number of nitrogens with one attached hydrogen (secondary N) is 2. The molecule has 2 rings (SSSR count). The van der Waals surface area contributed by atoms with Crippen LogP contribution in [0.2, 0.25) is 5.02 Å². The van der Waals surface area contributed by atoms with E-state index in [1.165, 1.54) is 6.33 Å². The number of hydrogen-bond donors (Lipinski definition) is 2. The summed E-state index contributed by atoms with van der Waals surface area (Å²) in [6, 6.07) is 6.86. The van der Waals surface area contributed by atoms with Gasteiger partial charge in [-0.15, -0.1) is 0 Å². The van der Waals surface area contributed by atoms with Crippen molar-refractivity contribution in [2.75, 3.05) is 12.4 Å². The topological polar surface area (TPSA) is 76.1 Å².